The number of nitrogens with zero attached hydrogens (tertiary/aromatic N) is 1. The van der Waals surface area contributed by atoms with Gasteiger partial charge in [-0.25, -0.2) is 0 Å². The van der Waals surface area contributed by atoms with Crippen molar-refractivity contribution in [3.63, 3.8) is 0 Å². The molecule has 1 N–H and O–H groups in total. The monoisotopic (exact) mass is 464 g/mol. The highest BCUT2D eigenvalue weighted by molar-refractivity contribution is 6.38. The molecule has 31 heavy (non-hydrogen) atoms. The molecule has 2 aromatic carbocycles. The maximum atomic E-state index is 13.2. The van der Waals surface area contributed by atoms with Crippen LogP contribution in [0, 0.1) is 5.92 Å². The van der Waals surface area contributed by atoms with Gasteiger partial charge in [-0.3, -0.25) is 9.59 Å². The Hall–Kier alpha value is -2.44. The number of methoxy groups -OCH3 is 1. The van der Waals surface area contributed by atoms with Gasteiger partial charge in [0.05, 0.1) is 31.0 Å². The van der Waals surface area contributed by atoms with Gasteiger partial charge >= 0.3 is 0 Å². The van der Waals surface area contributed by atoms with Gasteiger partial charge in [-0.2, -0.15) is 0 Å². The molecule has 8 heteroatoms. The van der Waals surface area contributed by atoms with Gasteiger partial charge in [-0.15, -0.1) is 0 Å². The first kappa shape index (κ1) is 23.2. The summed E-state index contributed by atoms with van der Waals surface area (Å²) in [5.74, 6) is 1.16. The molecule has 0 aliphatic carbocycles. The zero-order valence-corrected chi connectivity index (χ0v) is 19.5. The Morgan fingerprint density at radius 2 is 1.87 bits per heavy atom. The predicted molar refractivity (Wildman–Crippen MR) is 122 cm³/mol. The molecule has 1 atom stereocenters. The van der Waals surface area contributed by atoms with Crippen LogP contribution in [0.4, 0.5) is 5.69 Å². The van der Waals surface area contributed by atoms with E-state index in [1.54, 1.807) is 19.2 Å². The van der Waals surface area contributed by atoms with Crippen molar-refractivity contribution < 1.29 is 19.1 Å². The number of nitrogens with one attached hydrogen (secondary N) is 1. The smallest absolute Gasteiger partial charge is 0.254 e. The van der Waals surface area contributed by atoms with Crippen LogP contribution in [0.3, 0.4) is 0 Å². The first-order chi connectivity index (χ1) is 14.7. The van der Waals surface area contributed by atoms with Crippen molar-refractivity contribution in [3.8, 4) is 11.5 Å². The van der Waals surface area contributed by atoms with Gasteiger partial charge in [0, 0.05) is 17.5 Å². The van der Waals surface area contributed by atoms with Crippen LogP contribution in [0.5, 0.6) is 11.5 Å². The molecule has 0 bridgehead atoms. The molecule has 0 radical (unpaired) electrons. The van der Waals surface area contributed by atoms with Crippen molar-refractivity contribution in [2.75, 3.05) is 18.6 Å². The van der Waals surface area contributed by atoms with E-state index in [1.807, 2.05) is 18.2 Å². The van der Waals surface area contributed by atoms with E-state index in [1.165, 1.54) is 11.8 Å². The van der Waals surface area contributed by atoms with E-state index in [-0.39, 0.29) is 18.4 Å². The van der Waals surface area contributed by atoms with E-state index in [9.17, 15) is 9.59 Å². The standard InChI is InChI=1S/C23H26Cl2N2O4/c1-13(2)9-10-31-18-8-5-15(11-19(18)30-4)12-27-22-17(25)7-6-16(24)20(22)21(23(27)29)26-14(3)28/h5-8,11,13,21H,9-10,12H2,1-4H3,(H,26,28). The number of hydrogen-bond acceptors (Lipinski definition) is 4. The number of rotatable bonds is 8. The summed E-state index contributed by atoms with van der Waals surface area (Å²) < 4.78 is 11.3. The van der Waals surface area contributed by atoms with E-state index in [0.29, 0.717) is 45.3 Å². The Balaban J connectivity index is 1.89. The molecule has 1 unspecified atom stereocenters. The summed E-state index contributed by atoms with van der Waals surface area (Å²) in [6, 6.07) is 7.94. The number of fused-ring (bicyclic) bond motifs is 1. The molecule has 0 saturated carbocycles. The van der Waals surface area contributed by atoms with Crippen molar-refractivity contribution in [3.05, 3.63) is 51.5 Å². The average molecular weight is 465 g/mol. The normalized spacial score (nSPS) is 15.3. The van der Waals surface area contributed by atoms with Crippen molar-refractivity contribution in [2.24, 2.45) is 5.92 Å². The maximum absolute atomic E-state index is 13.2. The van der Waals surface area contributed by atoms with Crippen LogP contribution in [0.2, 0.25) is 10.0 Å². The van der Waals surface area contributed by atoms with Gasteiger partial charge in [0.25, 0.3) is 5.91 Å². The van der Waals surface area contributed by atoms with Gasteiger partial charge in [0.1, 0.15) is 6.04 Å². The third-order valence-corrected chi connectivity index (χ3v) is 5.69. The second-order valence-corrected chi connectivity index (χ2v) is 8.68. The summed E-state index contributed by atoms with van der Waals surface area (Å²) in [7, 11) is 1.58. The van der Waals surface area contributed by atoms with Crippen LogP contribution in [0.1, 0.15) is 44.4 Å². The van der Waals surface area contributed by atoms with Crippen LogP contribution in [-0.2, 0) is 16.1 Å². The Morgan fingerprint density at radius 3 is 2.52 bits per heavy atom. The largest absolute Gasteiger partial charge is 0.493 e. The van der Waals surface area contributed by atoms with Crippen molar-refractivity contribution in [1.29, 1.82) is 0 Å². The minimum absolute atomic E-state index is 0.241. The number of halogens is 2. The molecular weight excluding hydrogens is 439 g/mol. The van der Waals surface area contributed by atoms with Crippen LogP contribution in [-0.4, -0.2) is 25.5 Å². The topological polar surface area (TPSA) is 67.9 Å². The summed E-state index contributed by atoms with van der Waals surface area (Å²) in [6.07, 6.45) is 0.938. The zero-order valence-electron chi connectivity index (χ0n) is 18.0. The molecule has 1 aliphatic rings. The van der Waals surface area contributed by atoms with E-state index in [2.05, 4.69) is 19.2 Å². The Labute approximate surface area is 192 Å². The molecule has 0 fully saturated rings. The van der Waals surface area contributed by atoms with Gasteiger partial charge in [-0.05, 0) is 42.2 Å². The number of carbonyl (C=O) groups excluding carboxylic acids is 2. The number of anilines is 1. The Morgan fingerprint density at radius 1 is 1.16 bits per heavy atom. The summed E-state index contributed by atoms with van der Waals surface area (Å²) in [5.41, 5.74) is 1.84. The number of hydrogen-bond donors (Lipinski definition) is 1. The molecule has 0 saturated heterocycles. The molecule has 2 amide bonds. The summed E-state index contributed by atoms with van der Waals surface area (Å²) in [4.78, 5) is 26.4. The summed E-state index contributed by atoms with van der Waals surface area (Å²) >= 11 is 12.8. The fraction of sp³-hybridized carbons (Fsp3) is 0.391. The quantitative estimate of drug-likeness (QED) is 0.586. The maximum Gasteiger partial charge on any atom is 0.254 e. The van der Waals surface area contributed by atoms with Gasteiger partial charge < -0.3 is 19.7 Å². The average Bonchev–Trinajstić information content (AvgIpc) is 2.98. The lowest BCUT2D eigenvalue weighted by Crippen LogP contribution is -2.36. The molecule has 166 valence electrons. The second kappa shape index (κ2) is 9.79. The minimum Gasteiger partial charge on any atom is -0.493 e. The molecular formula is C23H26Cl2N2O4. The molecule has 6 nitrogen and oxygen atoms in total. The fourth-order valence-electron chi connectivity index (χ4n) is 3.51. The lowest BCUT2D eigenvalue weighted by Gasteiger charge is -2.20. The van der Waals surface area contributed by atoms with Gasteiger partial charge in [-0.1, -0.05) is 43.1 Å². The highest BCUT2D eigenvalue weighted by atomic mass is 35.5. The third kappa shape index (κ3) is 5.08. The van der Waals surface area contributed by atoms with Crippen LogP contribution in [0.25, 0.3) is 0 Å². The summed E-state index contributed by atoms with van der Waals surface area (Å²) in [6.45, 7) is 6.47. The lowest BCUT2D eigenvalue weighted by atomic mass is 10.1. The predicted octanol–water partition coefficient (Wildman–Crippen LogP) is 5.15. The first-order valence-electron chi connectivity index (χ1n) is 10.1. The molecule has 1 heterocycles. The fourth-order valence-corrected chi connectivity index (χ4v) is 4.03. The Kier molecular flexibility index (Phi) is 7.34. The minimum atomic E-state index is -0.876. The molecule has 1 aliphatic heterocycles. The summed E-state index contributed by atoms with van der Waals surface area (Å²) in [5, 5.41) is 3.44. The highest BCUT2D eigenvalue weighted by Gasteiger charge is 2.41. The van der Waals surface area contributed by atoms with E-state index >= 15 is 0 Å². The highest BCUT2D eigenvalue weighted by Crippen LogP contribution is 2.45. The molecule has 0 aromatic heterocycles. The number of benzene rings is 2. The SMILES string of the molecule is COc1cc(CN2C(=O)C(NC(C)=O)c3c(Cl)ccc(Cl)c32)ccc1OCCC(C)C. The number of amides is 2. The van der Waals surface area contributed by atoms with E-state index in [0.717, 1.165) is 12.0 Å². The van der Waals surface area contributed by atoms with Crippen molar-refractivity contribution in [1.82, 2.24) is 5.32 Å². The molecule has 2 aromatic rings. The van der Waals surface area contributed by atoms with Crippen molar-refractivity contribution >= 4 is 40.7 Å². The number of carbonyl (C=O) groups is 2. The number of ether oxygens (including phenoxy) is 2. The van der Waals surface area contributed by atoms with Gasteiger partial charge in [0.15, 0.2) is 11.5 Å². The zero-order chi connectivity index (χ0) is 22.7. The van der Waals surface area contributed by atoms with Crippen LogP contribution in [0.15, 0.2) is 30.3 Å². The molecule has 3 rings (SSSR count). The van der Waals surface area contributed by atoms with Crippen LogP contribution >= 0.6 is 23.2 Å². The second-order valence-electron chi connectivity index (χ2n) is 7.87. The van der Waals surface area contributed by atoms with E-state index < -0.39 is 6.04 Å². The van der Waals surface area contributed by atoms with E-state index in [4.69, 9.17) is 32.7 Å². The van der Waals surface area contributed by atoms with Crippen molar-refractivity contribution in [2.45, 2.75) is 39.8 Å². The Bertz CT molecular complexity index is 994. The van der Waals surface area contributed by atoms with Gasteiger partial charge in [0.2, 0.25) is 5.91 Å². The lowest BCUT2D eigenvalue weighted by molar-refractivity contribution is -0.126. The first-order valence-corrected chi connectivity index (χ1v) is 10.8. The third-order valence-electron chi connectivity index (χ3n) is 5.06. The van der Waals surface area contributed by atoms with Crippen LogP contribution < -0.4 is 19.7 Å². The molecule has 0 spiro atoms.